The third-order valence-corrected chi connectivity index (χ3v) is 4.53. The van der Waals surface area contributed by atoms with E-state index in [0.29, 0.717) is 0 Å². The molecule has 90 valence electrons. The van der Waals surface area contributed by atoms with Crippen LogP contribution in [0.4, 0.5) is 0 Å². The van der Waals surface area contributed by atoms with E-state index in [9.17, 15) is 4.79 Å². The molecule has 3 rings (SSSR count). The molecule has 0 spiro atoms. The van der Waals surface area contributed by atoms with Crippen LogP contribution in [0.5, 0.6) is 0 Å². The van der Waals surface area contributed by atoms with E-state index in [1.165, 1.54) is 11.1 Å². The minimum atomic E-state index is -0.0302. The second kappa shape index (κ2) is 4.99. The zero-order valence-corrected chi connectivity index (χ0v) is 10.8. The van der Waals surface area contributed by atoms with Gasteiger partial charge in [-0.3, -0.25) is 4.79 Å². The van der Waals surface area contributed by atoms with E-state index in [-0.39, 0.29) is 11.0 Å². The number of hydrogen-bond donors (Lipinski definition) is 0. The van der Waals surface area contributed by atoms with Crippen molar-refractivity contribution in [1.82, 2.24) is 0 Å². The Morgan fingerprint density at radius 2 is 1.72 bits per heavy atom. The third-order valence-electron chi connectivity index (χ3n) is 3.29. The highest BCUT2D eigenvalue weighted by Gasteiger charge is 2.27. The normalized spacial score (nSPS) is 18.1. The molecular weight excluding hydrogens is 240 g/mol. The van der Waals surface area contributed by atoms with Crippen molar-refractivity contribution in [3.8, 4) is 0 Å². The summed E-state index contributed by atoms with van der Waals surface area (Å²) in [6.45, 7) is 0. The van der Waals surface area contributed by atoms with Crippen molar-refractivity contribution in [2.75, 3.05) is 5.75 Å². The van der Waals surface area contributed by atoms with Gasteiger partial charge in [-0.15, -0.1) is 11.8 Å². The summed E-state index contributed by atoms with van der Waals surface area (Å²) < 4.78 is 0. The molecule has 2 heteroatoms. The van der Waals surface area contributed by atoms with Crippen LogP contribution in [0.3, 0.4) is 0 Å². The molecule has 0 aromatic heterocycles. The summed E-state index contributed by atoms with van der Waals surface area (Å²) in [4.78, 5) is 12.5. The van der Waals surface area contributed by atoms with Crippen molar-refractivity contribution < 1.29 is 4.79 Å². The molecule has 1 heterocycles. The second-order valence-electron chi connectivity index (χ2n) is 4.43. The Hall–Kier alpha value is -1.54. The number of carbonyl (C=O) groups excluding carboxylic acids is 1. The maximum atomic E-state index is 12.5. The number of ketones is 1. The number of benzene rings is 2. The van der Waals surface area contributed by atoms with Crippen molar-refractivity contribution in [1.29, 1.82) is 0 Å². The molecule has 0 amide bonds. The largest absolute Gasteiger partial charge is 0.293 e. The van der Waals surface area contributed by atoms with Crippen LogP contribution < -0.4 is 0 Å². The third kappa shape index (κ3) is 2.08. The average Bonchev–Trinajstić information content (AvgIpc) is 2.47. The smallest absolute Gasteiger partial charge is 0.180 e. The van der Waals surface area contributed by atoms with Crippen LogP contribution in [-0.2, 0) is 6.42 Å². The van der Waals surface area contributed by atoms with E-state index in [4.69, 9.17) is 0 Å². The maximum Gasteiger partial charge on any atom is 0.180 e. The Kier molecular flexibility index (Phi) is 3.20. The Bertz CT molecular complexity index is 562. The van der Waals surface area contributed by atoms with Gasteiger partial charge in [0.25, 0.3) is 0 Å². The molecule has 0 bridgehead atoms. The van der Waals surface area contributed by atoms with E-state index in [2.05, 4.69) is 18.2 Å². The Morgan fingerprint density at radius 1 is 1.00 bits per heavy atom. The van der Waals surface area contributed by atoms with Gasteiger partial charge >= 0.3 is 0 Å². The number of hydrogen-bond acceptors (Lipinski definition) is 2. The van der Waals surface area contributed by atoms with Crippen LogP contribution in [0.15, 0.2) is 54.6 Å². The molecule has 1 aliphatic rings. The number of thioether (sulfide) groups is 1. The summed E-state index contributed by atoms with van der Waals surface area (Å²) in [6, 6.07) is 17.9. The number of Topliss-reactive ketones (excluding diaryl/α,β-unsaturated/α-hetero) is 1. The van der Waals surface area contributed by atoms with Crippen molar-refractivity contribution in [3.63, 3.8) is 0 Å². The Labute approximate surface area is 111 Å². The van der Waals surface area contributed by atoms with Crippen molar-refractivity contribution in [3.05, 3.63) is 71.3 Å². The molecule has 1 aliphatic heterocycles. The van der Waals surface area contributed by atoms with Gasteiger partial charge in [0.05, 0.1) is 5.25 Å². The van der Waals surface area contributed by atoms with Gasteiger partial charge in [0.15, 0.2) is 5.78 Å². The van der Waals surface area contributed by atoms with Gasteiger partial charge in [-0.05, 0) is 23.3 Å². The fourth-order valence-corrected chi connectivity index (χ4v) is 3.64. The first-order chi connectivity index (χ1) is 8.86. The predicted octanol–water partition coefficient (Wildman–Crippen LogP) is 3.90. The summed E-state index contributed by atoms with van der Waals surface area (Å²) in [5.74, 6) is 1.26. The number of aryl methyl sites for hydroxylation is 1. The lowest BCUT2D eigenvalue weighted by Crippen LogP contribution is -2.16. The lowest BCUT2D eigenvalue weighted by atomic mass is 9.96. The molecule has 0 radical (unpaired) electrons. The molecule has 0 saturated carbocycles. The van der Waals surface area contributed by atoms with Crippen LogP contribution in [0.1, 0.15) is 26.7 Å². The summed E-state index contributed by atoms with van der Waals surface area (Å²) in [7, 11) is 0. The molecule has 0 N–H and O–H groups in total. The standard InChI is InChI=1S/C16H14OS/c17-15(13-7-2-1-3-8-13)16-14-9-5-4-6-12(14)10-11-18-16/h1-9,16H,10-11H2. The van der Waals surface area contributed by atoms with Gasteiger partial charge in [0.1, 0.15) is 0 Å². The van der Waals surface area contributed by atoms with Crippen LogP contribution in [-0.4, -0.2) is 11.5 Å². The molecule has 2 aromatic rings. The minimum Gasteiger partial charge on any atom is -0.293 e. The zero-order valence-electron chi connectivity index (χ0n) is 10.0. The van der Waals surface area contributed by atoms with Crippen LogP contribution >= 0.6 is 11.8 Å². The van der Waals surface area contributed by atoms with E-state index >= 15 is 0 Å². The van der Waals surface area contributed by atoms with Crippen LogP contribution in [0.2, 0.25) is 0 Å². The maximum absolute atomic E-state index is 12.5. The van der Waals surface area contributed by atoms with Crippen LogP contribution in [0, 0.1) is 0 Å². The van der Waals surface area contributed by atoms with Crippen molar-refractivity contribution in [2.24, 2.45) is 0 Å². The van der Waals surface area contributed by atoms with E-state index in [1.807, 2.05) is 36.4 Å². The lowest BCUT2D eigenvalue weighted by Gasteiger charge is -2.24. The fraction of sp³-hybridized carbons (Fsp3) is 0.188. The summed E-state index contributed by atoms with van der Waals surface area (Å²) in [5.41, 5.74) is 3.33. The van der Waals surface area contributed by atoms with Crippen molar-refractivity contribution in [2.45, 2.75) is 11.7 Å². The molecular formula is C16H14OS. The molecule has 2 aromatic carbocycles. The Balaban J connectivity index is 1.97. The minimum absolute atomic E-state index is 0.0302. The van der Waals surface area contributed by atoms with Crippen LogP contribution in [0.25, 0.3) is 0 Å². The van der Waals surface area contributed by atoms with Gasteiger partial charge in [0, 0.05) is 5.56 Å². The lowest BCUT2D eigenvalue weighted by molar-refractivity contribution is 0.0989. The first-order valence-electron chi connectivity index (χ1n) is 6.15. The first-order valence-corrected chi connectivity index (χ1v) is 7.20. The first kappa shape index (κ1) is 11.5. The number of carbonyl (C=O) groups is 1. The monoisotopic (exact) mass is 254 g/mol. The second-order valence-corrected chi connectivity index (χ2v) is 5.64. The molecule has 0 aliphatic carbocycles. The van der Waals surface area contributed by atoms with E-state index in [1.54, 1.807) is 11.8 Å². The molecule has 18 heavy (non-hydrogen) atoms. The highest BCUT2D eigenvalue weighted by Crippen LogP contribution is 2.38. The SMILES string of the molecule is O=C(c1ccccc1)C1SCCc2ccccc21. The molecule has 0 saturated heterocycles. The van der Waals surface area contributed by atoms with Gasteiger partial charge in [-0.1, -0.05) is 54.6 Å². The zero-order chi connectivity index (χ0) is 12.4. The Morgan fingerprint density at radius 3 is 2.56 bits per heavy atom. The van der Waals surface area contributed by atoms with Gasteiger partial charge < -0.3 is 0 Å². The van der Waals surface area contributed by atoms with Gasteiger partial charge in [-0.2, -0.15) is 0 Å². The highest BCUT2D eigenvalue weighted by molar-refractivity contribution is 8.00. The molecule has 1 atom stereocenters. The summed E-state index contributed by atoms with van der Waals surface area (Å²) >= 11 is 1.76. The fourth-order valence-electron chi connectivity index (χ4n) is 2.36. The van der Waals surface area contributed by atoms with E-state index < -0.39 is 0 Å². The summed E-state index contributed by atoms with van der Waals surface area (Å²) in [5, 5.41) is -0.0302. The average molecular weight is 254 g/mol. The quantitative estimate of drug-likeness (QED) is 0.756. The predicted molar refractivity (Wildman–Crippen MR) is 76.1 cm³/mol. The topological polar surface area (TPSA) is 17.1 Å². The molecule has 0 fully saturated rings. The number of rotatable bonds is 2. The molecule has 1 unspecified atom stereocenters. The van der Waals surface area contributed by atoms with Crippen molar-refractivity contribution >= 4 is 17.5 Å². The number of fused-ring (bicyclic) bond motifs is 1. The molecule has 1 nitrogen and oxygen atoms in total. The van der Waals surface area contributed by atoms with Gasteiger partial charge in [0.2, 0.25) is 0 Å². The summed E-state index contributed by atoms with van der Waals surface area (Å²) in [6.07, 6.45) is 1.07. The van der Waals surface area contributed by atoms with E-state index in [0.717, 1.165) is 17.7 Å². The highest BCUT2D eigenvalue weighted by atomic mass is 32.2. The van der Waals surface area contributed by atoms with Gasteiger partial charge in [-0.25, -0.2) is 0 Å².